The van der Waals surface area contributed by atoms with Gasteiger partial charge in [0.1, 0.15) is 16.5 Å². The van der Waals surface area contributed by atoms with Crippen molar-refractivity contribution in [3.05, 3.63) is 94.5 Å². The van der Waals surface area contributed by atoms with Crippen molar-refractivity contribution in [1.29, 1.82) is 0 Å². The third-order valence-electron chi connectivity index (χ3n) is 11.7. The highest BCUT2D eigenvalue weighted by atomic mass is 35.5. The van der Waals surface area contributed by atoms with Gasteiger partial charge in [-0.3, -0.25) is 9.69 Å². The van der Waals surface area contributed by atoms with E-state index in [-0.39, 0.29) is 38.7 Å². The molecule has 1 N–H and O–H groups in total. The van der Waals surface area contributed by atoms with Gasteiger partial charge in [-0.1, -0.05) is 41.9 Å². The Labute approximate surface area is 292 Å². The van der Waals surface area contributed by atoms with Crippen molar-refractivity contribution >= 4 is 38.6 Å². The molecule has 3 aromatic carbocycles. The topological polar surface area (TPSA) is 87.5 Å². The maximum atomic E-state index is 14.7. The van der Waals surface area contributed by atoms with Crippen molar-refractivity contribution in [2.75, 3.05) is 19.6 Å². The first-order valence-electron chi connectivity index (χ1n) is 17.7. The van der Waals surface area contributed by atoms with E-state index in [2.05, 4.69) is 39.3 Å². The highest BCUT2D eigenvalue weighted by Gasteiger charge is 2.44. The van der Waals surface area contributed by atoms with E-state index in [1.165, 1.54) is 30.5 Å². The van der Waals surface area contributed by atoms with Crippen molar-refractivity contribution in [3.8, 4) is 0 Å². The lowest BCUT2D eigenvalue weighted by Gasteiger charge is -2.45. The van der Waals surface area contributed by atoms with Gasteiger partial charge in [-0.15, -0.1) is 0 Å². The quantitative estimate of drug-likeness (QED) is 0.203. The molecular weight excluding hydrogens is 661 g/mol. The molecule has 4 aromatic rings. The van der Waals surface area contributed by atoms with Crippen LogP contribution in [0.15, 0.2) is 71.6 Å². The van der Waals surface area contributed by atoms with Gasteiger partial charge < -0.3 is 9.47 Å². The van der Waals surface area contributed by atoms with E-state index >= 15 is 0 Å². The summed E-state index contributed by atoms with van der Waals surface area (Å²) in [7, 11) is -3.82. The lowest BCUT2D eigenvalue weighted by molar-refractivity contribution is 0.0606. The number of nitrogens with one attached hydrogen (secondary N) is 1. The molecule has 2 bridgehead atoms. The fourth-order valence-electron chi connectivity index (χ4n) is 8.97. The maximum absolute atomic E-state index is 14.7. The third-order valence-corrected chi connectivity index (χ3v) is 13.8. The second-order valence-electron chi connectivity index (χ2n) is 14.6. The van der Waals surface area contributed by atoms with E-state index in [0.717, 1.165) is 55.6 Å². The monoisotopic (exact) mass is 703 g/mol. The minimum absolute atomic E-state index is 0.0413. The molecule has 1 aliphatic carbocycles. The molecule has 8 rings (SSSR count). The van der Waals surface area contributed by atoms with E-state index in [1.54, 1.807) is 29.2 Å². The van der Waals surface area contributed by atoms with Crippen LogP contribution in [0.25, 0.3) is 11.0 Å². The lowest BCUT2D eigenvalue weighted by atomic mass is 9.70. The number of hydrogen-bond acceptors (Lipinski definition) is 5. The molecule has 4 fully saturated rings. The number of nitrogens with zero attached hydrogens (tertiary/aromatic N) is 4. The molecule has 3 saturated heterocycles. The van der Waals surface area contributed by atoms with Gasteiger partial charge in [0.2, 0.25) is 10.0 Å². The number of carbonyl (C=O) groups is 1. The second-order valence-corrected chi connectivity index (χ2v) is 16.7. The normalized spacial score (nSPS) is 24.1. The van der Waals surface area contributed by atoms with Crippen LogP contribution in [0.2, 0.25) is 5.02 Å². The van der Waals surface area contributed by atoms with Crippen LogP contribution in [-0.4, -0.2) is 71.4 Å². The predicted octanol–water partition coefficient (Wildman–Crippen LogP) is 7.01. The van der Waals surface area contributed by atoms with Crippen LogP contribution < -0.4 is 4.72 Å². The molecule has 8 nitrogen and oxygen atoms in total. The standard InChI is InChI=1S/C38H43ClFN5O3S/c1-25-41-33-9-2-3-10-34(33)45(25)31-23-29-14-15-30(24-31)44(29)21-18-38(26-6-4-7-27(40)22-26)16-19-43(20-17-38)37(46)32-8-5-11-35(36(32)39)49(47,48)42-28-12-13-28/h2-11,22,28-31,42H,12-21,23-24H2,1H3. The molecule has 0 spiro atoms. The van der Waals surface area contributed by atoms with Gasteiger partial charge in [-0.25, -0.2) is 22.5 Å². The van der Waals surface area contributed by atoms with Crippen molar-refractivity contribution in [2.24, 2.45) is 0 Å². The predicted molar refractivity (Wildman–Crippen MR) is 189 cm³/mol. The SMILES string of the molecule is Cc1nc2ccccc2n1C1CC2CCC(C1)N2CCC1(c2cccc(F)c2)CCN(C(=O)c2cccc(S(=O)(=O)NC3CC3)c2Cl)CC1. The maximum Gasteiger partial charge on any atom is 0.255 e. The molecule has 49 heavy (non-hydrogen) atoms. The van der Waals surface area contributed by atoms with E-state index < -0.39 is 10.0 Å². The number of fused-ring (bicyclic) bond motifs is 3. The molecule has 1 aromatic heterocycles. The Morgan fingerprint density at radius 2 is 1.67 bits per heavy atom. The van der Waals surface area contributed by atoms with Crippen molar-refractivity contribution < 1.29 is 17.6 Å². The number of piperidine rings is 2. The van der Waals surface area contributed by atoms with E-state index in [1.807, 2.05) is 12.1 Å². The van der Waals surface area contributed by atoms with Gasteiger partial charge in [0.25, 0.3) is 5.91 Å². The van der Waals surface area contributed by atoms with Gasteiger partial charge in [-0.2, -0.15) is 0 Å². The minimum atomic E-state index is -3.82. The Bertz CT molecular complexity index is 1990. The lowest BCUT2D eigenvalue weighted by Crippen LogP contribution is -2.49. The average Bonchev–Trinajstić information content (AvgIpc) is 3.78. The zero-order valence-electron chi connectivity index (χ0n) is 27.8. The van der Waals surface area contributed by atoms with Gasteiger partial charge in [-0.05, 0) is 119 Å². The molecule has 4 aliphatic rings. The Kier molecular flexibility index (Phi) is 8.57. The number of hydrogen-bond donors (Lipinski definition) is 1. The first-order valence-corrected chi connectivity index (χ1v) is 19.5. The van der Waals surface area contributed by atoms with E-state index in [9.17, 15) is 17.6 Å². The summed E-state index contributed by atoms with van der Waals surface area (Å²) in [6.45, 7) is 4.00. The minimum Gasteiger partial charge on any atom is -0.339 e. The molecule has 258 valence electrons. The Morgan fingerprint density at radius 1 is 0.959 bits per heavy atom. The fourth-order valence-corrected chi connectivity index (χ4v) is 10.9. The Morgan fingerprint density at radius 3 is 2.39 bits per heavy atom. The van der Waals surface area contributed by atoms with Gasteiger partial charge in [0.15, 0.2) is 0 Å². The molecule has 1 saturated carbocycles. The molecular formula is C38H43ClFN5O3S. The highest BCUT2D eigenvalue weighted by molar-refractivity contribution is 7.89. The summed E-state index contributed by atoms with van der Waals surface area (Å²) < 4.78 is 45.7. The van der Waals surface area contributed by atoms with Crippen LogP contribution in [0.4, 0.5) is 4.39 Å². The molecule has 1 amide bonds. The number of sulfonamides is 1. The Balaban J connectivity index is 0.985. The summed E-state index contributed by atoms with van der Waals surface area (Å²) in [5.41, 5.74) is 3.17. The van der Waals surface area contributed by atoms with Crippen molar-refractivity contribution in [1.82, 2.24) is 24.1 Å². The smallest absolute Gasteiger partial charge is 0.255 e. The number of imidazole rings is 1. The highest BCUT2D eigenvalue weighted by Crippen LogP contribution is 2.45. The van der Waals surface area contributed by atoms with Crippen LogP contribution in [0.5, 0.6) is 0 Å². The molecule has 0 radical (unpaired) electrons. The largest absolute Gasteiger partial charge is 0.339 e. The fraction of sp³-hybridized carbons (Fsp3) is 0.474. The van der Waals surface area contributed by atoms with Crippen LogP contribution in [0.3, 0.4) is 0 Å². The summed E-state index contributed by atoms with van der Waals surface area (Å²) in [5, 5.41) is -0.0413. The first kappa shape index (κ1) is 32.9. The average molecular weight is 704 g/mol. The number of rotatable bonds is 9. The number of halogens is 2. The second kappa shape index (κ2) is 12.8. The first-order chi connectivity index (χ1) is 23.6. The molecule has 3 aliphatic heterocycles. The third kappa shape index (κ3) is 6.19. The van der Waals surface area contributed by atoms with E-state index in [4.69, 9.17) is 16.6 Å². The van der Waals surface area contributed by atoms with Gasteiger partial charge in [0, 0.05) is 37.3 Å². The number of benzene rings is 3. The number of aryl methyl sites for hydroxylation is 1. The van der Waals surface area contributed by atoms with Crippen LogP contribution in [0.1, 0.15) is 85.6 Å². The summed E-state index contributed by atoms with van der Waals surface area (Å²) in [6, 6.07) is 21.4. The molecule has 2 atom stereocenters. The summed E-state index contributed by atoms with van der Waals surface area (Å²) in [5.74, 6) is 0.558. The number of para-hydroxylation sites is 2. The zero-order valence-corrected chi connectivity index (χ0v) is 29.4. The Hall–Kier alpha value is -3.31. The summed E-state index contributed by atoms with van der Waals surface area (Å²) in [6.07, 6.45) is 8.43. The molecule has 4 heterocycles. The molecule has 11 heteroatoms. The van der Waals surface area contributed by atoms with Crippen molar-refractivity contribution in [2.45, 2.75) is 99.2 Å². The number of likely N-dealkylation sites (tertiary alicyclic amines) is 1. The number of amides is 1. The number of aromatic nitrogens is 2. The molecule has 2 unspecified atom stereocenters. The zero-order chi connectivity index (χ0) is 33.9. The van der Waals surface area contributed by atoms with Crippen LogP contribution in [0, 0.1) is 12.7 Å². The summed E-state index contributed by atoms with van der Waals surface area (Å²) in [4.78, 5) is 23.1. The van der Waals surface area contributed by atoms with E-state index in [0.29, 0.717) is 44.1 Å². The van der Waals surface area contributed by atoms with Crippen LogP contribution >= 0.6 is 11.6 Å². The van der Waals surface area contributed by atoms with Crippen molar-refractivity contribution in [3.63, 3.8) is 0 Å². The number of carbonyl (C=O) groups excluding carboxylic acids is 1. The van der Waals surface area contributed by atoms with Gasteiger partial charge in [0.05, 0.1) is 21.6 Å². The van der Waals surface area contributed by atoms with Gasteiger partial charge >= 0.3 is 0 Å². The van der Waals surface area contributed by atoms with Crippen LogP contribution in [-0.2, 0) is 15.4 Å². The summed E-state index contributed by atoms with van der Waals surface area (Å²) >= 11 is 6.61.